The van der Waals surface area contributed by atoms with Crippen molar-refractivity contribution in [2.45, 2.75) is 51.7 Å². The summed E-state index contributed by atoms with van der Waals surface area (Å²) in [5.74, 6) is 1.46. The molecule has 1 aromatic rings. The van der Waals surface area contributed by atoms with Crippen LogP contribution in [0.15, 0.2) is 18.2 Å². The molecule has 0 radical (unpaired) electrons. The molecule has 2 unspecified atom stereocenters. The molecule has 0 aliphatic carbocycles. The van der Waals surface area contributed by atoms with Crippen molar-refractivity contribution in [3.8, 4) is 5.75 Å². The first-order valence-corrected chi connectivity index (χ1v) is 7.19. The van der Waals surface area contributed by atoms with Crippen LogP contribution in [0.2, 0.25) is 0 Å². The van der Waals surface area contributed by atoms with E-state index in [1.54, 1.807) is 0 Å². The topological polar surface area (TPSA) is 44.5 Å². The van der Waals surface area contributed by atoms with Crippen molar-refractivity contribution in [1.82, 2.24) is 0 Å². The molecule has 1 aliphatic heterocycles. The second-order valence-corrected chi connectivity index (χ2v) is 5.70. The third kappa shape index (κ3) is 3.71. The summed E-state index contributed by atoms with van der Waals surface area (Å²) in [6, 6.07) is 6.41. The summed E-state index contributed by atoms with van der Waals surface area (Å²) in [5.41, 5.74) is 8.11. The lowest BCUT2D eigenvalue weighted by Gasteiger charge is -2.18. The summed E-state index contributed by atoms with van der Waals surface area (Å²) in [7, 11) is 0. The monoisotopic (exact) mass is 263 g/mol. The number of hydrogen-bond acceptors (Lipinski definition) is 3. The molecule has 2 rings (SSSR count). The Morgan fingerprint density at radius 2 is 2.05 bits per heavy atom. The molecule has 1 saturated heterocycles. The molecule has 2 atom stereocenters. The lowest BCUT2D eigenvalue weighted by atomic mass is 10.0. The maximum atomic E-state index is 5.99. The van der Waals surface area contributed by atoms with Crippen molar-refractivity contribution >= 4 is 0 Å². The molecule has 0 amide bonds. The van der Waals surface area contributed by atoms with Crippen LogP contribution in [0.5, 0.6) is 5.75 Å². The molecule has 3 heteroatoms. The lowest BCUT2D eigenvalue weighted by molar-refractivity contribution is 0.0219. The first-order valence-electron chi connectivity index (χ1n) is 7.19. The Kier molecular flexibility index (Phi) is 4.83. The molecule has 0 aromatic heterocycles. The second kappa shape index (κ2) is 6.40. The molecular weight excluding hydrogens is 238 g/mol. The van der Waals surface area contributed by atoms with Crippen LogP contribution in [-0.2, 0) is 4.74 Å². The van der Waals surface area contributed by atoms with Crippen molar-refractivity contribution < 1.29 is 9.47 Å². The van der Waals surface area contributed by atoms with Crippen molar-refractivity contribution in [1.29, 1.82) is 0 Å². The van der Waals surface area contributed by atoms with Crippen LogP contribution in [0.1, 0.15) is 43.7 Å². The van der Waals surface area contributed by atoms with Crippen LogP contribution in [0, 0.1) is 6.92 Å². The Labute approximate surface area is 116 Å². The first kappa shape index (κ1) is 14.4. The fourth-order valence-corrected chi connectivity index (χ4v) is 2.50. The van der Waals surface area contributed by atoms with Gasteiger partial charge in [0.15, 0.2) is 0 Å². The molecular formula is C16H25NO2. The molecule has 0 saturated carbocycles. The van der Waals surface area contributed by atoms with Gasteiger partial charge < -0.3 is 15.2 Å². The van der Waals surface area contributed by atoms with E-state index in [4.69, 9.17) is 15.2 Å². The molecule has 1 aliphatic rings. The summed E-state index contributed by atoms with van der Waals surface area (Å²) in [4.78, 5) is 0. The molecule has 0 bridgehead atoms. The zero-order valence-electron chi connectivity index (χ0n) is 12.2. The predicted molar refractivity (Wildman–Crippen MR) is 77.7 cm³/mol. The minimum atomic E-state index is 0.189. The van der Waals surface area contributed by atoms with E-state index < -0.39 is 0 Å². The Balaban J connectivity index is 1.97. The molecule has 19 heavy (non-hydrogen) atoms. The van der Waals surface area contributed by atoms with E-state index in [1.165, 1.54) is 11.1 Å². The van der Waals surface area contributed by atoms with Crippen LogP contribution < -0.4 is 10.5 Å². The molecule has 3 nitrogen and oxygen atoms in total. The van der Waals surface area contributed by atoms with Gasteiger partial charge in [-0.25, -0.2) is 0 Å². The molecule has 106 valence electrons. The Morgan fingerprint density at radius 3 is 2.68 bits per heavy atom. The van der Waals surface area contributed by atoms with E-state index in [-0.39, 0.29) is 12.2 Å². The van der Waals surface area contributed by atoms with Crippen LogP contribution >= 0.6 is 0 Å². The standard InChI is InChI=1S/C16H25NO2/c1-11(2)15-7-4-12(3)8-16(15)18-10-14-6-5-13(9-17)19-14/h4,7-8,11,13-14H,5-6,9-10,17H2,1-3H3. The van der Waals surface area contributed by atoms with Crippen molar-refractivity contribution in [2.75, 3.05) is 13.2 Å². The third-order valence-corrected chi connectivity index (χ3v) is 3.67. The van der Waals surface area contributed by atoms with Gasteiger partial charge in [-0.05, 0) is 42.9 Å². The van der Waals surface area contributed by atoms with Crippen LogP contribution in [-0.4, -0.2) is 25.4 Å². The average molecular weight is 263 g/mol. The SMILES string of the molecule is Cc1ccc(C(C)C)c(OCC2CCC(CN)O2)c1. The molecule has 1 fully saturated rings. The highest BCUT2D eigenvalue weighted by Crippen LogP contribution is 2.28. The van der Waals surface area contributed by atoms with Gasteiger partial charge in [-0.1, -0.05) is 26.0 Å². The highest BCUT2D eigenvalue weighted by atomic mass is 16.5. The second-order valence-electron chi connectivity index (χ2n) is 5.70. The lowest BCUT2D eigenvalue weighted by Crippen LogP contribution is -2.23. The Bertz CT molecular complexity index is 417. The Hall–Kier alpha value is -1.06. The summed E-state index contributed by atoms with van der Waals surface area (Å²) in [6.45, 7) is 7.70. The van der Waals surface area contributed by atoms with E-state index in [0.29, 0.717) is 19.1 Å². The zero-order valence-corrected chi connectivity index (χ0v) is 12.2. The van der Waals surface area contributed by atoms with Crippen molar-refractivity contribution in [2.24, 2.45) is 5.73 Å². The van der Waals surface area contributed by atoms with Gasteiger partial charge in [-0.3, -0.25) is 0 Å². The van der Waals surface area contributed by atoms with E-state index in [2.05, 4.69) is 39.0 Å². The van der Waals surface area contributed by atoms with Gasteiger partial charge in [0, 0.05) is 6.54 Å². The summed E-state index contributed by atoms with van der Waals surface area (Å²) >= 11 is 0. The zero-order chi connectivity index (χ0) is 13.8. The number of aryl methyl sites for hydroxylation is 1. The van der Waals surface area contributed by atoms with Gasteiger partial charge in [0.05, 0.1) is 12.2 Å². The molecule has 0 spiro atoms. The molecule has 1 heterocycles. The van der Waals surface area contributed by atoms with Gasteiger partial charge in [0.2, 0.25) is 0 Å². The third-order valence-electron chi connectivity index (χ3n) is 3.67. The number of hydrogen-bond donors (Lipinski definition) is 1. The van der Waals surface area contributed by atoms with Crippen molar-refractivity contribution in [3.63, 3.8) is 0 Å². The number of nitrogens with two attached hydrogens (primary N) is 1. The minimum absolute atomic E-state index is 0.189. The van der Waals surface area contributed by atoms with Crippen LogP contribution in [0.4, 0.5) is 0 Å². The molecule has 2 N–H and O–H groups in total. The quantitative estimate of drug-likeness (QED) is 0.888. The number of benzene rings is 1. The van der Waals surface area contributed by atoms with Crippen LogP contribution in [0.3, 0.4) is 0 Å². The highest BCUT2D eigenvalue weighted by molar-refractivity contribution is 5.39. The van der Waals surface area contributed by atoms with Gasteiger partial charge >= 0.3 is 0 Å². The molecule has 1 aromatic carbocycles. The van der Waals surface area contributed by atoms with Gasteiger partial charge in [-0.2, -0.15) is 0 Å². The first-order chi connectivity index (χ1) is 9.10. The number of rotatable bonds is 5. The summed E-state index contributed by atoms with van der Waals surface area (Å²) in [5, 5.41) is 0. The fraction of sp³-hybridized carbons (Fsp3) is 0.625. The average Bonchev–Trinajstić information content (AvgIpc) is 2.84. The summed E-state index contributed by atoms with van der Waals surface area (Å²) in [6.07, 6.45) is 2.50. The van der Waals surface area contributed by atoms with Gasteiger partial charge in [-0.15, -0.1) is 0 Å². The van der Waals surface area contributed by atoms with Crippen molar-refractivity contribution in [3.05, 3.63) is 29.3 Å². The van der Waals surface area contributed by atoms with E-state index in [1.807, 2.05) is 0 Å². The highest BCUT2D eigenvalue weighted by Gasteiger charge is 2.24. The fourth-order valence-electron chi connectivity index (χ4n) is 2.50. The van der Waals surface area contributed by atoms with E-state index in [0.717, 1.165) is 18.6 Å². The Morgan fingerprint density at radius 1 is 1.32 bits per heavy atom. The predicted octanol–water partition coefficient (Wildman–Crippen LogP) is 3.00. The summed E-state index contributed by atoms with van der Waals surface area (Å²) < 4.78 is 11.8. The normalized spacial score (nSPS) is 23.0. The maximum Gasteiger partial charge on any atom is 0.123 e. The van der Waals surface area contributed by atoms with E-state index in [9.17, 15) is 0 Å². The van der Waals surface area contributed by atoms with Gasteiger partial charge in [0.1, 0.15) is 12.4 Å². The number of ether oxygens (including phenoxy) is 2. The minimum Gasteiger partial charge on any atom is -0.491 e. The van der Waals surface area contributed by atoms with Gasteiger partial charge in [0.25, 0.3) is 0 Å². The van der Waals surface area contributed by atoms with Crippen LogP contribution in [0.25, 0.3) is 0 Å². The maximum absolute atomic E-state index is 5.99. The van der Waals surface area contributed by atoms with E-state index >= 15 is 0 Å². The smallest absolute Gasteiger partial charge is 0.123 e. The largest absolute Gasteiger partial charge is 0.491 e.